The number of methoxy groups -OCH3 is 1. The Bertz CT molecular complexity index is 632. The van der Waals surface area contributed by atoms with E-state index in [0.29, 0.717) is 27.8 Å². The molecule has 2 aromatic rings. The van der Waals surface area contributed by atoms with Crippen molar-refractivity contribution >= 4 is 43.5 Å². The largest absolute Gasteiger partial charge is 0.496 e. The first-order valence-electron chi connectivity index (χ1n) is 5.66. The summed E-state index contributed by atoms with van der Waals surface area (Å²) < 4.78 is 12.5. The van der Waals surface area contributed by atoms with Crippen LogP contribution in [0.4, 0.5) is 0 Å². The minimum absolute atomic E-state index is 0.148. The molecule has 0 amide bonds. The van der Waals surface area contributed by atoms with Crippen molar-refractivity contribution in [2.45, 2.75) is 6.61 Å². The van der Waals surface area contributed by atoms with Gasteiger partial charge < -0.3 is 14.6 Å². The van der Waals surface area contributed by atoms with Gasteiger partial charge in [0, 0.05) is 5.56 Å². The molecule has 3 nitrogen and oxygen atoms in total. The molecular formula is C14H11Br2ClO3. The first kappa shape index (κ1) is 15.6. The molecule has 0 unspecified atom stereocenters. The van der Waals surface area contributed by atoms with Crippen molar-refractivity contribution in [2.24, 2.45) is 0 Å². The molecule has 0 aliphatic carbocycles. The topological polar surface area (TPSA) is 38.7 Å². The molecule has 0 radical (unpaired) electrons. The molecule has 0 spiro atoms. The molecule has 20 heavy (non-hydrogen) atoms. The van der Waals surface area contributed by atoms with Gasteiger partial charge in [0.25, 0.3) is 0 Å². The molecule has 6 heteroatoms. The quantitative estimate of drug-likeness (QED) is 0.740. The van der Waals surface area contributed by atoms with Crippen LogP contribution in [-0.4, -0.2) is 12.2 Å². The van der Waals surface area contributed by atoms with E-state index < -0.39 is 0 Å². The van der Waals surface area contributed by atoms with Crippen LogP contribution < -0.4 is 9.47 Å². The molecular weight excluding hydrogens is 411 g/mol. The fourth-order valence-electron chi connectivity index (χ4n) is 1.65. The van der Waals surface area contributed by atoms with Crippen molar-refractivity contribution in [3.63, 3.8) is 0 Å². The SMILES string of the molecule is COc1cc(Br)c(Oc2c(Cl)cccc2CO)cc1Br. The van der Waals surface area contributed by atoms with Gasteiger partial charge in [-0.15, -0.1) is 0 Å². The smallest absolute Gasteiger partial charge is 0.151 e. The number of hydrogen-bond donors (Lipinski definition) is 1. The van der Waals surface area contributed by atoms with E-state index in [9.17, 15) is 5.11 Å². The highest BCUT2D eigenvalue weighted by Crippen LogP contribution is 2.40. The molecule has 1 N–H and O–H groups in total. The normalized spacial score (nSPS) is 10.4. The van der Waals surface area contributed by atoms with Gasteiger partial charge in [0.15, 0.2) is 5.75 Å². The molecule has 0 bridgehead atoms. The van der Waals surface area contributed by atoms with Gasteiger partial charge in [0.1, 0.15) is 11.5 Å². The third-order valence-corrected chi connectivity index (χ3v) is 4.17. The number of rotatable bonds is 4. The maximum absolute atomic E-state index is 9.35. The van der Waals surface area contributed by atoms with Crippen LogP contribution in [0.1, 0.15) is 5.56 Å². The number of ether oxygens (including phenoxy) is 2. The Labute approximate surface area is 138 Å². The highest BCUT2D eigenvalue weighted by molar-refractivity contribution is 9.11. The lowest BCUT2D eigenvalue weighted by Gasteiger charge is -2.14. The maximum atomic E-state index is 9.35. The van der Waals surface area contributed by atoms with E-state index in [1.165, 1.54) is 0 Å². The summed E-state index contributed by atoms with van der Waals surface area (Å²) in [4.78, 5) is 0. The number of aliphatic hydroxyl groups is 1. The molecule has 0 fully saturated rings. The lowest BCUT2D eigenvalue weighted by atomic mass is 10.2. The molecule has 0 saturated carbocycles. The molecule has 0 saturated heterocycles. The summed E-state index contributed by atoms with van der Waals surface area (Å²) in [7, 11) is 1.59. The Balaban J connectivity index is 2.43. The number of para-hydroxylation sites is 1. The van der Waals surface area contributed by atoms with Gasteiger partial charge in [-0.2, -0.15) is 0 Å². The van der Waals surface area contributed by atoms with Crippen molar-refractivity contribution in [2.75, 3.05) is 7.11 Å². The van der Waals surface area contributed by atoms with Gasteiger partial charge in [0.2, 0.25) is 0 Å². The third-order valence-electron chi connectivity index (χ3n) is 2.64. The van der Waals surface area contributed by atoms with Crippen LogP contribution in [-0.2, 0) is 6.61 Å². The zero-order valence-electron chi connectivity index (χ0n) is 10.5. The molecule has 0 aromatic heterocycles. The summed E-state index contributed by atoms with van der Waals surface area (Å²) in [5.74, 6) is 1.70. The molecule has 0 atom stereocenters. The van der Waals surface area contributed by atoms with Crippen LogP contribution >= 0.6 is 43.5 Å². The monoisotopic (exact) mass is 420 g/mol. The summed E-state index contributed by atoms with van der Waals surface area (Å²) in [5, 5.41) is 9.79. The van der Waals surface area contributed by atoms with Crippen LogP contribution in [0.3, 0.4) is 0 Å². The predicted octanol–water partition coefficient (Wildman–Crippen LogP) is 5.16. The molecule has 2 rings (SSSR count). The number of aliphatic hydroxyl groups excluding tert-OH is 1. The molecule has 0 aliphatic heterocycles. The minimum Gasteiger partial charge on any atom is -0.496 e. The van der Waals surface area contributed by atoms with Gasteiger partial charge in [0.05, 0.1) is 27.7 Å². The Morgan fingerprint density at radius 1 is 1.15 bits per heavy atom. The van der Waals surface area contributed by atoms with Crippen LogP contribution in [0.5, 0.6) is 17.2 Å². The summed E-state index contributed by atoms with van der Waals surface area (Å²) in [6, 6.07) is 8.79. The average molecular weight is 423 g/mol. The summed E-state index contributed by atoms with van der Waals surface area (Å²) >= 11 is 12.9. The zero-order chi connectivity index (χ0) is 14.7. The second-order valence-electron chi connectivity index (χ2n) is 3.91. The molecule has 106 valence electrons. The highest BCUT2D eigenvalue weighted by atomic mass is 79.9. The van der Waals surface area contributed by atoms with E-state index in [1.807, 2.05) is 0 Å². The Morgan fingerprint density at radius 2 is 1.80 bits per heavy atom. The number of hydrogen-bond acceptors (Lipinski definition) is 3. The van der Waals surface area contributed by atoms with Gasteiger partial charge in [-0.05, 0) is 50.1 Å². The summed E-state index contributed by atoms with van der Waals surface area (Å²) in [6.45, 7) is -0.148. The third kappa shape index (κ3) is 3.28. The second-order valence-corrected chi connectivity index (χ2v) is 6.02. The van der Waals surface area contributed by atoms with Crippen LogP contribution in [0.2, 0.25) is 5.02 Å². The lowest BCUT2D eigenvalue weighted by Crippen LogP contribution is -1.94. The van der Waals surface area contributed by atoms with E-state index in [2.05, 4.69) is 31.9 Å². The Morgan fingerprint density at radius 3 is 2.45 bits per heavy atom. The molecule has 2 aromatic carbocycles. The standard InChI is InChI=1S/C14H11Br2ClO3/c1-19-12-5-10(16)13(6-9(12)15)20-14-8(7-18)3-2-4-11(14)17/h2-6,18H,7H2,1H3. The van der Waals surface area contributed by atoms with Gasteiger partial charge in [-0.3, -0.25) is 0 Å². The van der Waals surface area contributed by atoms with E-state index in [1.54, 1.807) is 37.4 Å². The second kappa shape index (κ2) is 6.80. The maximum Gasteiger partial charge on any atom is 0.151 e. The first-order chi connectivity index (χ1) is 9.56. The molecule has 0 heterocycles. The molecule has 0 aliphatic rings. The van der Waals surface area contributed by atoms with E-state index >= 15 is 0 Å². The lowest BCUT2D eigenvalue weighted by molar-refractivity contribution is 0.276. The van der Waals surface area contributed by atoms with E-state index in [-0.39, 0.29) is 6.61 Å². The minimum atomic E-state index is -0.148. The highest BCUT2D eigenvalue weighted by Gasteiger charge is 2.13. The fraction of sp³-hybridized carbons (Fsp3) is 0.143. The zero-order valence-corrected chi connectivity index (χ0v) is 14.4. The Hall–Kier alpha value is -0.750. The van der Waals surface area contributed by atoms with Crippen LogP contribution in [0, 0.1) is 0 Å². The first-order valence-corrected chi connectivity index (χ1v) is 7.62. The van der Waals surface area contributed by atoms with Gasteiger partial charge in [-0.25, -0.2) is 0 Å². The van der Waals surface area contributed by atoms with E-state index in [0.717, 1.165) is 8.95 Å². The van der Waals surface area contributed by atoms with E-state index in [4.69, 9.17) is 21.1 Å². The predicted molar refractivity (Wildman–Crippen MR) is 85.8 cm³/mol. The number of halogens is 3. The van der Waals surface area contributed by atoms with Crippen molar-refractivity contribution < 1.29 is 14.6 Å². The summed E-state index contributed by atoms with van der Waals surface area (Å²) in [5.41, 5.74) is 0.622. The van der Waals surface area contributed by atoms with Gasteiger partial charge >= 0.3 is 0 Å². The van der Waals surface area contributed by atoms with Gasteiger partial charge in [-0.1, -0.05) is 23.7 Å². The summed E-state index contributed by atoms with van der Waals surface area (Å²) in [6.07, 6.45) is 0. The van der Waals surface area contributed by atoms with Crippen molar-refractivity contribution in [3.8, 4) is 17.2 Å². The Kier molecular flexibility index (Phi) is 5.32. The van der Waals surface area contributed by atoms with Crippen LogP contribution in [0.15, 0.2) is 39.3 Å². The fourth-order valence-corrected chi connectivity index (χ4v) is 2.77. The average Bonchev–Trinajstić information content (AvgIpc) is 2.44. The van der Waals surface area contributed by atoms with Crippen LogP contribution in [0.25, 0.3) is 0 Å². The van der Waals surface area contributed by atoms with Crippen molar-refractivity contribution in [1.29, 1.82) is 0 Å². The van der Waals surface area contributed by atoms with Crippen molar-refractivity contribution in [1.82, 2.24) is 0 Å². The van der Waals surface area contributed by atoms with Crippen molar-refractivity contribution in [3.05, 3.63) is 49.9 Å². The number of benzene rings is 2.